The lowest BCUT2D eigenvalue weighted by atomic mass is 10.2. The number of methoxy groups -OCH3 is 1. The monoisotopic (exact) mass is 266 g/mol. The zero-order valence-corrected chi connectivity index (χ0v) is 11.9. The molecule has 0 saturated carbocycles. The molecule has 1 aromatic carbocycles. The molecule has 0 radical (unpaired) electrons. The number of hydrogen-bond acceptors (Lipinski definition) is 4. The highest BCUT2D eigenvalue weighted by Crippen LogP contribution is 2.27. The van der Waals surface area contributed by atoms with Gasteiger partial charge in [0.15, 0.2) is 11.5 Å². The van der Waals surface area contributed by atoms with E-state index < -0.39 is 0 Å². The van der Waals surface area contributed by atoms with Crippen molar-refractivity contribution in [3.8, 4) is 11.5 Å². The first-order valence-electron chi connectivity index (χ1n) is 6.37. The van der Waals surface area contributed by atoms with E-state index in [9.17, 15) is 4.79 Å². The molecule has 0 aliphatic heterocycles. The predicted molar refractivity (Wildman–Crippen MR) is 74.5 cm³/mol. The van der Waals surface area contributed by atoms with Crippen molar-refractivity contribution >= 4 is 5.91 Å². The van der Waals surface area contributed by atoms with Gasteiger partial charge in [0, 0.05) is 13.6 Å². The van der Waals surface area contributed by atoms with E-state index in [1.807, 2.05) is 32.0 Å². The predicted octanol–water partition coefficient (Wildman–Crippen LogP) is 1.32. The van der Waals surface area contributed by atoms with Crippen LogP contribution in [0.2, 0.25) is 0 Å². The fourth-order valence-corrected chi connectivity index (χ4v) is 1.68. The minimum Gasteiger partial charge on any atom is -0.493 e. The highest BCUT2D eigenvalue weighted by molar-refractivity contribution is 5.80. The summed E-state index contributed by atoms with van der Waals surface area (Å²) in [4.78, 5) is 11.4. The molecule has 5 heteroatoms. The van der Waals surface area contributed by atoms with Crippen molar-refractivity contribution in [1.82, 2.24) is 10.6 Å². The maximum atomic E-state index is 11.4. The summed E-state index contributed by atoms with van der Waals surface area (Å²) in [6.45, 7) is 4.95. The van der Waals surface area contributed by atoms with Crippen LogP contribution in [-0.2, 0) is 11.3 Å². The molecule has 0 aromatic heterocycles. The molecular formula is C14H22N2O3. The normalized spacial score (nSPS) is 11.8. The van der Waals surface area contributed by atoms with E-state index in [1.54, 1.807) is 14.2 Å². The average molecular weight is 266 g/mol. The van der Waals surface area contributed by atoms with Gasteiger partial charge >= 0.3 is 0 Å². The van der Waals surface area contributed by atoms with E-state index in [0.29, 0.717) is 18.9 Å². The van der Waals surface area contributed by atoms with Gasteiger partial charge in [0.05, 0.1) is 19.8 Å². The Kier molecular flexibility index (Phi) is 6.15. The number of rotatable bonds is 7. The van der Waals surface area contributed by atoms with Crippen molar-refractivity contribution in [2.24, 2.45) is 0 Å². The third-order valence-electron chi connectivity index (χ3n) is 2.78. The van der Waals surface area contributed by atoms with Crippen LogP contribution in [0.4, 0.5) is 0 Å². The minimum absolute atomic E-state index is 0.0297. The molecule has 0 fully saturated rings. The Bertz CT molecular complexity index is 421. The second-order valence-electron chi connectivity index (χ2n) is 4.14. The quantitative estimate of drug-likeness (QED) is 0.781. The Labute approximate surface area is 114 Å². The smallest absolute Gasteiger partial charge is 0.236 e. The topological polar surface area (TPSA) is 59.6 Å². The van der Waals surface area contributed by atoms with Crippen molar-refractivity contribution in [2.75, 3.05) is 20.8 Å². The van der Waals surface area contributed by atoms with E-state index in [2.05, 4.69) is 10.6 Å². The van der Waals surface area contributed by atoms with Gasteiger partial charge in [-0.15, -0.1) is 0 Å². The highest BCUT2D eigenvalue weighted by atomic mass is 16.5. The maximum absolute atomic E-state index is 11.4. The van der Waals surface area contributed by atoms with E-state index in [4.69, 9.17) is 9.47 Å². The van der Waals surface area contributed by atoms with Crippen molar-refractivity contribution in [3.63, 3.8) is 0 Å². The number of ether oxygens (including phenoxy) is 2. The Morgan fingerprint density at radius 2 is 2.11 bits per heavy atom. The maximum Gasteiger partial charge on any atom is 0.236 e. The molecule has 106 valence electrons. The highest BCUT2D eigenvalue weighted by Gasteiger charge is 2.10. The van der Waals surface area contributed by atoms with Gasteiger partial charge in [0.25, 0.3) is 0 Å². The van der Waals surface area contributed by atoms with Gasteiger partial charge in [0.1, 0.15) is 0 Å². The molecule has 0 bridgehead atoms. The van der Waals surface area contributed by atoms with Gasteiger partial charge in [-0.3, -0.25) is 4.79 Å². The van der Waals surface area contributed by atoms with Gasteiger partial charge in [-0.2, -0.15) is 0 Å². The number of likely N-dealkylation sites (N-methyl/N-ethyl adjacent to an activating group) is 1. The summed E-state index contributed by atoms with van der Waals surface area (Å²) in [5.74, 6) is 1.40. The van der Waals surface area contributed by atoms with Crippen LogP contribution < -0.4 is 20.1 Å². The lowest BCUT2D eigenvalue weighted by Crippen LogP contribution is -2.40. The number of hydrogen-bond donors (Lipinski definition) is 2. The summed E-state index contributed by atoms with van der Waals surface area (Å²) in [5.41, 5.74) is 1.04. The Hall–Kier alpha value is -1.75. The van der Waals surface area contributed by atoms with Crippen molar-refractivity contribution in [1.29, 1.82) is 0 Å². The van der Waals surface area contributed by atoms with Crippen LogP contribution in [0, 0.1) is 0 Å². The molecule has 1 atom stereocenters. The van der Waals surface area contributed by atoms with Crippen molar-refractivity contribution in [2.45, 2.75) is 26.4 Å². The molecule has 5 nitrogen and oxygen atoms in total. The molecule has 19 heavy (non-hydrogen) atoms. The summed E-state index contributed by atoms with van der Waals surface area (Å²) in [7, 11) is 3.24. The van der Waals surface area contributed by atoms with Gasteiger partial charge in [0.2, 0.25) is 5.91 Å². The molecular weight excluding hydrogens is 244 g/mol. The van der Waals surface area contributed by atoms with Gasteiger partial charge in [-0.1, -0.05) is 6.07 Å². The fraction of sp³-hybridized carbons (Fsp3) is 0.500. The third-order valence-corrected chi connectivity index (χ3v) is 2.78. The molecule has 0 spiro atoms. The summed E-state index contributed by atoms with van der Waals surface area (Å²) < 4.78 is 10.7. The lowest BCUT2D eigenvalue weighted by Gasteiger charge is -2.14. The summed E-state index contributed by atoms with van der Waals surface area (Å²) >= 11 is 0. The SMILES string of the molecule is CCOc1ccc(CN[C@H](C)C(=O)NC)cc1OC. The zero-order chi connectivity index (χ0) is 14.3. The molecule has 2 N–H and O–H groups in total. The van der Waals surface area contributed by atoms with Gasteiger partial charge in [-0.05, 0) is 31.5 Å². The van der Waals surface area contributed by atoms with Crippen LogP contribution >= 0.6 is 0 Å². The third kappa shape index (κ3) is 4.44. The van der Waals surface area contributed by atoms with Crippen LogP contribution in [0.15, 0.2) is 18.2 Å². The van der Waals surface area contributed by atoms with Crippen LogP contribution in [-0.4, -0.2) is 32.7 Å². The largest absolute Gasteiger partial charge is 0.493 e. The van der Waals surface area contributed by atoms with Crippen LogP contribution in [0.5, 0.6) is 11.5 Å². The first kappa shape index (κ1) is 15.3. The molecule has 1 aromatic rings. The molecule has 0 aliphatic rings. The van der Waals surface area contributed by atoms with E-state index >= 15 is 0 Å². The molecule has 0 heterocycles. The Morgan fingerprint density at radius 1 is 1.37 bits per heavy atom. The van der Waals surface area contributed by atoms with Crippen molar-refractivity contribution < 1.29 is 14.3 Å². The van der Waals surface area contributed by atoms with Gasteiger partial charge in [-0.25, -0.2) is 0 Å². The molecule has 0 aliphatic carbocycles. The molecule has 1 amide bonds. The van der Waals surface area contributed by atoms with E-state index in [1.165, 1.54) is 0 Å². The number of nitrogens with one attached hydrogen (secondary N) is 2. The van der Waals surface area contributed by atoms with E-state index in [0.717, 1.165) is 11.3 Å². The Balaban J connectivity index is 2.67. The number of carbonyl (C=O) groups is 1. The fourth-order valence-electron chi connectivity index (χ4n) is 1.68. The summed E-state index contributed by atoms with van der Waals surface area (Å²) in [6, 6.07) is 5.51. The summed E-state index contributed by atoms with van der Waals surface area (Å²) in [6.07, 6.45) is 0. The van der Waals surface area contributed by atoms with Gasteiger partial charge < -0.3 is 20.1 Å². The molecule has 0 saturated heterocycles. The van der Waals surface area contributed by atoms with Crippen LogP contribution in [0.25, 0.3) is 0 Å². The number of amides is 1. The number of benzene rings is 1. The first-order valence-corrected chi connectivity index (χ1v) is 6.37. The van der Waals surface area contributed by atoms with Crippen LogP contribution in [0.1, 0.15) is 19.4 Å². The molecule has 0 unspecified atom stereocenters. The number of carbonyl (C=O) groups excluding carboxylic acids is 1. The second-order valence-corrected chi connectivity index (χ2v) is 4.14. The minimum atomic E-state index is -0.234. The first-order chi connectivity index (χ1) is 9.12. The Morgan fingerprint density at radius 3 is 2.68 bits per heavy atom. The zero-order valence-electron chi connectivity index (χ0n) is 11.9. The van der Waals surface area contributed by atoms with E-state index in [-0.39, 0.29) is 11.9 Å². The standard InChI is InChI=1S/C14H22N2O3/c1-5-19-12-7-6-11(8-13(12)18-4)9-16-10(2)14(17)15-3/h6-8,10,16H,5,9H2,1-4H3,(H,15,17)/t10-/m1/s1. The molecule has 1 rings (SSSR count). The average Bonchev–Trinajstić information content (AvgIpc) is 2.45. The van der Waals surface area contributed by atoms with Crippen molar-refractivity contribution in [3.05, 3.63) is 23.8 Å². The van der Waals surface area contributed by atoms with Crippen LogP contribution in [0.3, 0.4) is 0 Å². The summed E-state index contributed by atoms with van der Waals surface area (Å²) in [5, 5.41) is 5.75. The lowest BCUT2D eigenvalue weighted by molar-refractivity contribution is -0.122. The second kappa shape index (κ2) is 7.63.